The van der Waals surface area contributed by atoms with Crippen molar-refractivity contribution in [1.82, 2.24) is 0 Å². The number of rotatable bonds is 7. The topological polar surface area (TPSA) is 55.5 Å². The molecule has 0 bridgehead atoms. The van der Waals surface area contributed by atoms with Crippen LogP contribution in [0.15, 0.2) is 18.2 Å². The number of benzene rings is 1. The van der Waals surface area contributed by atoms with Gasteiger partial charge in [-0.15, -0.1) is 0 Å². The highest BCUT2D eigenvalue weighted by Crippen LogP contribution is 2.26. The minimum atomic E-state index is 0.0912. The Bertz CT molecular complexity index is 340. The molecule has 4 heteroatoms. The Balaban J connectivity index is 2.67. The summed E-state index contributed by atoms with van der Waals surface area (Å²) < 4.78 is 5.49. The number of aliphatic hydroxyl groups is 1. The van der Waals surface area contributed by atoms with Gasteiger partial charge in [-0.2, -0.15) is 0 Å². The second kappa shape index (κ2) is 7.54. The van der Waals surface area contributed by atoms with Crippen LogP contribution in [0.1, 0.15) is 18.9 Å². The van der Waals surface area contributed by atoms with Crippen LogP contribution in [0.5, 0.6) is 5.75 Å². The number of ether oxygens (including phenoxy) is 1. The van der Waals surface area contributed by atoms with Crippen LogP contribution in [0.4, 0.5) is 0 Å². The molecule has 0 saturated heterocycles. The van der Waals surface area contributed by atoms with E-state index in [2.05, 4.69) is 6.92 Å². The number of aliphatic hydroxyl groups excluding tert-OH is 1. The van der Waals surface area contributed by atoms with Gasteiger partial charge in [0.25, 0.3) is 0 Å². The van der Waals surface area contributed by atoms with Crippen LogP contribution in [0.2, 0.25) is 5.02 Å². The predicted molar refractivity (Wildman–Crippen MR) is 70.6 cm³/mol. The fraction of sp³-hybridized carbons (Fsp3) is 0.538. The summed E-state index contributed by atoms with van der Waals surface area (Å²) >= 11 is 6.12. The molecule has 0 aliphatic carbocycles. The molecular weight excluding hydrogens is 238 g/mol. The lowest BCUT2D eigenvalue weighted by molar-refractivity contribution is 0.230. The maximum absolute atomic E-state index is 9.09. The number of hydrogen-bond acceptors (Lipinski definition) is 3. The summed E-state index contributed by atoms with van der Waals surface area (Å²) in [7, 11) is 0. The van der Waals surface area contributed by atoms with E-state index in [0.29, 0.717) is 23.9 Å². The Kier molecular flexibility index (Phi) is 6.34. The van der Waals surface area contributed by atoms with Gasteiger partial charge in [-0.3, -0.25) is 0 Å². The van der Waals surface area contributed by atoms with E-state index >= 15 is 0 Å². The summed E-state index contributed by atoms with van der Waals surface area (Å²) in [5.74, 6) is 0.805. The molecule has 0 saturated carbocycles. The largest absolute Gasteiger partial charge is 0.492 e. The Hall–Kier alpha value is -0.770. The molecule has 1 atom stereocenters. The molecular formula is C13H20ClNO2. The van der Waals surface area contributed by atoms with Gasteiger partial charge < -0.3 is 15.6 Å². The monoisotopic (exact) mass is 257 g/mol. The molecule has 1 unspecified atom stereocenters. The van der Waals surface area contributed by atoms with Gasteiger partial charge in [0.1, 0.15) is 5.75 Å². The molecule has 1 aromatic rings. The van der Waals surface area contributed by atoms with E-state index in [1.807, 2.05) is 18.2 Å². The molecule has 0 radical (unpaired) electrons. The molecule has 0 amide bonds. The van der Waals surface area contributed by atoms with E-state index in [1.54, 1.807) is 0 Å². The number of nitrogens with two attached hydrogens (primary N) is 1. The highest BCUT2D eigenvalue weighted by atomic mass is 35.5. The zero-order valence-corrected chi connectivity index (χ0v) is 10.9. The molecule has 0 spiro atoms. The summed E-state index contributed by atoms with van der Waals surface area (Å²) in [5, 5.41) is 9.71. The Morgan fingerprint density at radius 2 is 2.24 bits per heavy atom. The molecule has 3 nitrogen and oxygen atoms in total. The maximum Gasteiger partial charge on any atom is 0.137 e. The molecule has 0 fully saturated rings. The third-order valence-electron chi connectivity index (χ3n) is 2.57. The van der Waals surface area contributed by atoms with Gasteiger partial charge in [-0.25, -0.2) is 0 Å². The second-order valence-corrected chi connectivity index (χ2v) is 4.51. The van der Waals surface area contributed by atoms with Crippen molar-refractivity contribution in [2.24, 2.45) is 11.7 Å². The maximum atomic E-state index is 9.09. The van der Waals surface area contributed by atoms with Gasteiger partial charge in [0.05, 0.1) is 11.6 Å². The van der Waals surface area contributed by atoms with Crippen LogP contribution in [0.3, 0.4) is 0 Å². The quantitative estimate of drug-likeness (QED) is 0.788. The first kappa shape index (κ1) is 14.3. The summed E-state index contributed by atoms with van der Waals surface area (Å²) in [6.45, 7) is 3.29. The first-order valence-electron chi connectivity index (χ1n) is 5.93. The van der Waals surface area contributed by atoms with Gasteiger partial charge >= 0.3 is 0 Å². The summed E-state index contributed by atoms with van der Waals surface area (Å²) in [6.07, 6.45) is 1.69. The van der Waals surface area contributed by atoms with Crippen molar-refractivity contribution in [3.63, 3.8) is 0 Å². The van der Waals surface area contributed by atoms with Crippen LogP contribution in [0, 0.1) is 5.92 Å². The van der Waals surface area contributed by atoms with Crippen LogP contribution < -0.4 is 10.5 Å². The van der Waals surface area contributed by atoms with Gasteiger partial charge in [0.15, 0.2) is 0 Å². The fourth-order valence-corrected chi connectivity index (χ4v) is 1.81. The molecule has 3 N–H and O–H groups in total. The molecule has 17 heavy (non-hydrogen) atoms. The number of halogens is 1. The Labute approximate surface area is 108 Å². The van der Waals surface area contributed by atoms with Gasteiger partial charge in [-0.1, -0.05) is 24.6 Å². The third-order valence-corrected chi connectivity index (χ3v) is 2.87. The van der Waals surface area contributed by atoms with Crippen LogP contribution in [-0.2, 0) is 6.42 Å². The highest BCUT2D eigenvalue weighted by Gasteiger charge is 2.08. The second-order valence-electron chi connectivity index (χ2n) is 4.10. The van der Waals surface area contributed by atoms with Crippen molar-refractivity contribution in [2.45, 2.75) is 19.8 Å². The molecule has 0 aliphatic rings. The van der Waals surface area contributed by atoms with Crippen molar-refractivity contribution >= 4 is 11.6 Å². The summed E-state index contributed by atoms with van der Waals surface area (Å²) in [6, 6.07) is 5.72. The zero-order valence-electron chi connectivity index (χ0n) is 10.2. The lowest BCUT2D eigenvalue weighted by atomic mass is 10.0. The van der Waals surface area contributed by atoms with E-state index in [4.69, 9.17) is 27.2 Å². The van der Waals surface area contributed by atoms with Crippen LogP contribution in [0.25, 0.3) is 0 Å². The predicted octanol–water partition coefficient (Wildman–Crippen LogP) is 2.24. The highest BCUT2D eigenvalue weighted by molar-refractivity contribution is 6.32. The standard InChI is InChI=1S/C13H20ClNO2/c1-2-5-17-13-4-3-10(7-12(13)14)6-11(8-15)9-16/h3-4,7,11,16H,2,5-6,8-9,15H2,1H3. The van der Waals surface area contributed by atoms with Gasteiger partial charge in [0, 0.05) is 6.61 Å². The SMILES string of the molecule is CCCOc1ccc(CC(CN)CO)cc1Cl. The van der Waals surface area contributed by atoms with Gasteiger partial charge in [-0.05, 0) is 43.0 Å². The van der Waals surface area contributed by atoms with E-state index in [-0.39, 0.29) is 12.5 Å². The average molecular weight is 258 g/mol. The first-order valence-corrected chi connectivity index (χ1v) is 6.31. The zero-order chi connectivity index (χ0) is 12.7. The molecule has 96 valence electrons. The smallest absolute Gasteiger partial charge is 0.137 e. The lowest BCUT2D eigenvalue weighted by Crippen LogP contribution is -2.20. The van der Waals surface area contributed by atoms with Crippen molar-refractivity contribution in [1.29, 1.82) is 0 Å². The molecule has 0 heterocycles. The molecule has 1 rings (SSSR count). The van der Waals surface area contributed by atoms with Crippen molar-refractivity contribution in [2.75, 3.05) is 19.8 Å². The van der Waals surface area contributed by atoms with E-state index < -0.39 is 0 Å². The fourth-order valence-electron chi connectivity index (χ4n) is 1.56. The van der Waals surface area contributed by atoms with Crippen molar-refractivity contribution in [3.05, 3.63) is 28.8 Å². The van der Waals surface area contributed by atoms with E-state index in [9.17, 15) is 0 Å². The Morgan fingerprint density at radius 3 is 2.76 bits per heavy atom. The lowest BCUT2D eigenvalue weighted by Gasteiger charge is -2.13. The van der Waals surface area contributed by atoms with Crippen molar-refractivity contribution in [3.8, 4) is 5.75 Å². The number of hydrogen-bond donors (Lipinski definition) is 2. The van der Waals surface area contributed by atoms with E-state index in [1.165, 1.54) is 0 Å². The summed E-state index contributed by atoms with van der Waals surface area (Å²) in [5.41, 5.74) is 6.62. The minimum absolute atomic E-state index is 0.0912. The minimum Gasteiger partial charge on any atom is -0.492 e. The Morgan fingerprint density at radius 1 is 1.47 bits per heavy atom. The van der Waals surface area contributed by atoms with E-state index in [0.717, 1.165) is 18.4 Å². The normalized spacial score (nSPS) is 12.5. The first-order chi connectivity index (χ1) is 8.21. The van der Waals surface area contributed by atoms with Crippen molar-refractivity contribution < 1.29 is 9.84 Å². The van der Waals surface area contributed by atoms with Gasteiger partial charge in [0.2, 0.25) is 0 Å². The molecule has 0 aromatic heterocycles. The average Bonchev–Trinajstić information content (AvgIpc) is 2.35. The van der Waals surface area contributed by atoms with Crippen LogP contribution in [-0.4, -0.2) is 24.9 Å². The molecule has 1 aromatic carbocycles. The summed E-state index contributed by atoms with van der Waals surface area (Å²) in [4.78, 5) is 0. The van der Waals surface area contributed by atoms with Crippen LogP contribution >= 0.6 is 11.6 Å². The third kappa shape index (κ3) is 4.54. The molecule has 0 aliphatic heterocycles.